The molecule has 1 N–H and O–H groups in total. The summed E-state index contributed by atoms with van der Waals surface area (Å²) in [6.07, 6.45) is 1.66. The number of anilines is 1. The molecule has 0 spiro atoms. The van der Waals surface area contributed by atoms with Gasteiger partial charge in [0.2, 0.25) is 0 Å². The molecular formula is C14H15N3OS. The van der Waals surface area contributed by atoms with E-state index >= 15 is 0 Å². The number of nitrogens with one attached hydrogen (secondary N) is 1. The molecule has 1 aromatic heterocycles. The highest BCUT2D eigenvalue weighted by Gasteiger charge is 2.10. The minimum Gasteiger partial charge on any atom is -0.366 e. The number of fused-ring (bicyclic) bond motifs is 1. The summed E-state index contributed by atoms with van der Waals surface area (Å²) >= 11 is 0. The van der Waals surface area contributed by atoms with Crippen molar-refractivity contribution in [3.63, 3.8) is 0 Å². The zero-order chi connectivity index (χ0) is 13.8. The lowest BCUT2D eigenvalue weighted by Gasteiger charge is -2.14. The van der Waals surface area contributed by atoms with Crippen LogP contribution in [-0.4, -0.2) is 27.2 Å². The molecule has 0 saturated carbocycles. The lowest BCUT2D eigenvalue weighted by Crippen LogP contribution is -2.23. The van der Waals surface area contributed by atoms with E-state index in [1.165, 1.54) is 0 Å². The second-order valence-corrected chi connectivity index (χ2v) is 5.95. The topological polar surface area (TPSA) is 65.8 Å². The highest BCUT2D eigenvalue weighted by atomic mass is 32.2. The number of hydrogen-bond donors (Lipinski definition) is 1. The van der Waals surface area contributed by atoms with E-state index in [0.29, 0.717) is 17.1 Å². The van der Waals surface area contributed by atoms with Gasteiger partial charge in [-0.3, -0.25) is 4.21 Å². The first-order chi connectivity index (χ1) is 9.10. The molecule has 0 radical (unpaired) electrons. The lowest BCUT2D eigenvalue weighted by atomic mass is 10.1. The first kappa shape index (κ1) is 13.5. The fraction of sp³-hybridized carbons (Fsp3) is 0.286. The third kappa shape index (κ3) is 3.30. The molecule has 0 fully saturated rings. The molecule has 19 heavy (non-hydrogen) atoms. The molecular weight excluding hydrogens is 258 g/mol. The minimum absolute atomic E-state index is 0.00611. The van der Waals surface area contributed by atoms with Crippen molar-refractivity contribution < 1.29 is 4.21 Å². The number of benzene rings is 1. The Morgan fingerprint density at radius 3 is 2.89 bits per heavy atom. The summed E-state index contributed by atoms with van der Waals surface area (Å²) in [5, 5.41) is 13.3. The van der Waals surface area contributed by atoms with E-state index in [9.17, 15) is 9.47 Å². The van der Waals surface area contributed by atoms with Gasteiger partial charge >= 0.3 is 0 Å². The van der Waals surface area contributed by atoms with Crippen molar-refractivity contribution in [3.05, 3.63) is 35.9 Å². The largest absolute Gasteiger partial charge is 0.366 e. The van der Waals surface area contributed by atoms with Crippen LogP contribution in [0, 0.1) is 11.3 Å². The van der Waals surface area contributed by atoms with Crippen molar-refractivity contribution in [2.24, 2.45) is 0 Å². The van der Waals surface area contributed by atoms with Crippen LogP contribution in [0.3, 0.4) is 0 Å². The van der Waals surface area contributed by atoms with Crippen LogP contribution in [0.1, 0.15) is 12.5 Å². The van der Waals surface area contributed by atoms with Crippen LogP contribution < -0.4 is 5.32 Å². The zero-order valence-electron chi connectivity index (χ0n) is 10.9. The molecule has 1 aromatic carbocycles. The highest BCUT2D eigenvalue weighted by Crippen LogP contribution is 2.20. The van der Waals surface area contributed by atoms with E-state index in [1.807, 2.05) is 37.3 Å². The van der Waals surface area contributed by atoms with Crippen LogP contribution in [0.15, 0.2) is 30.3 Å². The maximum Gasteiger partial charge on any atom is 0.144 e. The maximum atomic E-state index is 11.2. The van der Waals surface area contributed by atoms with Gasteiger partial charge in [-0.05, 0) is 19.1 Å². The second kappa shape index (κ2) is 5.81. The average molecular weight is 273 g/mol. The molecule has 2 rings (SSSR count). The number of para-hydroxylation sites is 1. The summed E-state index contributed by atoms with van der Waals surface area (Å²) in [4.78, 5) is 4.46. The summed E-state index contributed by atoms with van der Waals surface area (Å²) in [7, 11) is -0.878. The molecule has 0 aliphatic carbocycles. The maximum absolute atomic E-state index is 11.2. The average Bonchev–Trinajstić information content (AvgIpc) is 2.36. The fourth-order valence-corrected chi connectivity index (χ4v) is 2.73. The van der Waals surface area contributed by atoms with E-state index in [4.69, 9.17) is 0 Å². The van der Waals surface area contributed by atoms with Gasteiger partial charge in [0.1, 0.15) is 11.9 Å². The van der Waals surface area contributed by atoms with Gasteiger partial charge in [0.15, 0.2) is 0 Å². The van der Waals surface area contributed by atoms with Crippen LogP contribution in [0.2, 0.25) is 0 Å². The molecule has 0 aliphatic rings. The van der Waals surface area contributed by atoms with Crippen LogP contribution >= 0.6 is 0 Å². The van der Waals surface area contributed by atoms with Crippen molar-refractivity contribution >= 4 is 27.5 Å². The Morgan fingerprint density at radius 2 is 2.21 bits per heavy atom. The van der Waals surface area contributed by atoms with Gasteiger partial charge in [-0.2, -0.15) is 5.26 Å². The third-order valence-electron chi connectivity index (χ3n) is 2.71. The first-order valence-electron chi connectivity index (χ1n) is 5.96. The van der Waals surface area contributed by atoms with E-state index in [2.05, 4.69) is 16.4 Å². The monoisotopic (exact) mass is 273 g/mol. The minimum atomic E-state index is -0.878. The molecule has 0 amide bonds. The summed E-state index contributed by atoms with van der Waals surface area (Å²) in [6.45, 7) is 1.93. The summed E-state index contributed by atoms with van der Waals surface area (Å²) < 4.78 is 11.2. The quantitative estimate of drug-likeness (QED) is 0.928. The van der Waals surface area contributed by atoms with Gasteiger partial charge in [0, 0.05) is 34.2 Å². The summed E-state index contributed by atoms with van der Waals surface area (Å²) in [5.41, 5.74) is 1.35. The van der Waals surface area contributed by atoms with E-state index in [0.717, 1.165) is 10.9 Å². The van der Waals surface area contributed by atoms with Gasteiger partial charge in [0.25, 0.3) is 0 Å². The van der Waals surface area contributed by atoms with Crippen molar-refractivity contribution in [1.82, 2.24) is 4.98 Å². The Morgan fingerprint density at radius 1 is 1.47 bits per heavy atom. The van der Waals surface area contributed by atoms with Crippen LogP contribution in [0.25, 0.3) is 10.9 Å². The number of nitrogens with zero attached hydrogens (tertiary/aromatic N) is 2. The van der Waals surface area contributed by atoms with Crippen LogP contribution in [0.4, 0.5) is 5.82 Å². The molecule has 4 nitrogen and oxygen atoms in total. The van der Waals surface area contributed by atoms with Crippen molar-refractivity contribution in [3.8, 4) is 6.07 Å². The smallest absolute Gasteiger partial charge is 0.144 e. The van der Waals surface area contributed by atoms with Gasteiger partial charge in [0.05, 0.1) is 11.1 Å². The zero-order valence-corrected chi connectivity index (χ0v) is 11.7. The van der Waals surface area contributed by atoms with E-state index in [1.54, 1.807) is 6.26 Å². The normalized spacial score (nSPS) is 13.7. The molecule has 5 heteroatoms. The van der Waals surface area contributed by atoms with Crippen LogP contribution in [0.5, 0.6) is 0 Å². The molecule has 2 unspecified atom stereocenters. The Kier molecular flexibility index (Phi) is 4.13. The lowest BCUT2D eigenvalue weighted by molar-refractivity contribution is 0.683. The molecule has 1 heterocycles. The van der Waals surface area contributed by atoms with Gasteiger partial charge < -0.3 is 5.32 Å². The summed E-state index contributed by atoms with van der Waals surface area (Å²) in [6, 6.07) is 11.6. The molecule has 2 aromatic rings. The van der Waals surface area contributed by atoms with Gasteiger partial charge in [-0.1, -0.05) is 18.2 Å². The molecule has 0 aliphatic heterocycles. The van der Waals surface area contributed by atoms with E-state index < -0.39 is 10.8 Å². The van der Waals surface area contributed by atoms with Crippen LogP contribution in [-0.2, 0) is 10.8 Å². The fourth-order valence-electron chi connectivity index (χ4n) is 1.94. The Labute approximate surface area is 114 Å². The van der Waals surface area contributed by atoms with Crippen molar-refractivity contribution in [2.45, 2.75) is 13.0 Å². The number of hydrogen-bond acceptors (Lipinski definition) is 4. The number of pyridine rings is 1. The number of aromatic nitrogens is 1. The number of rotatable bonds is 4. The second-order valence-electron chi connectivity index (χ2n) is 4.47. The molecule has 0 bridgehead atoms. The predicted octanol–water partition coefficient (Wildman–Crippen LogP) is 2.29. The predicted molar refractivity (Wildman–Crippen MR) is 78.5 cm³/mol. The van der Waals surface area contributed by atoms with Crippen molar-refractivity contribution in [2.75, 3.05) is 17.3 Å². The highest BCUT2D eigenvalue weighted by molar-refractivity contribution is 7.84. The third-order valence-corrected chi connectivity index (χ3v) is 3.68. The Bertz CT molecular complexity index is 663. The molecule has 2 atom stereocenters. The molecule has 0 saturated heterocycles. The first-order valence-corrected chi connectivity index (χ1v) is 7.69. The van der Waals surface area contributed by atoms with Gasteiger partial charge in [-0.15, -0.1) is 0 Å². The van der Waals surface area contributed by atoms with E-state index in [-0.39, 0.29) is 6.04 Å². The molecule has 98 valence electrons. The number of nitriles is 1. The standard InChI is InChI=1S/C14H15N3OS/c1-10(9-19(2)18)16-14-12(8-15)7-11-5-3-4-6-13(11)17-14/h3-7,10H,9H2,1-2H3,(H,16,17). The van der Waals surface area contributed by atoms with Crippen molar-refractivity contribution in [1.29, 1.82) is 5.26 Å². The Balaban J connectivity index is 2.36. The summed E-state index contributed by atoms with van der Waals surface area (Å²) in [5.74, 6) is 1.08. The van der Waals surface area contributed by atoms with Gasteiger partial charge in [-0.25, -0.2) is 4.98 Å². The SMILES string of the molecule is CC(CS(C)=O)Nc1nc2ccccc2cc1C#N. The Hall–Kier alpha value is -1.93.